The molecule has 0 aromatic heterocycles. The predicted octanol–water partition coefficient (Wildman–Crippen LogP) is 2.97. The van der Waals surface area contributed by atoms with E-state index in [-0.39, 0.29) is 5.69 Å². The van der Waals surface area contributed by atoms with Gasteiger partial charge in [0, 0.05) is 11.6 Å². The molecule has 0 spiro atoms. The van der Waals surface area contributed by atoms with Gasteiger partial charge in [-0.1, -0.05) is 12.1 Å². The Balaban J connectivity index is 2.10. The van der Waals surface area contributed by atoms with Crippen LogP contribution in [0, 0.1) is 13.7 Å². The second kappa shape index (κ2) is 7.68. The van der Waals surface area contributed by atoms with E-state index in [1.54, 1.807) is 43.5 Å². The standard InChI is InChI=1S/C15H12IN3O4/c1-23-14-7-6-10(8-12(14)16)15(20)18-17-9-11-4-2-3-5-13(11)19(21)22/h2-9H,1H3,(H,18,20)/b17-9+. The normalized spacial score (nSPS) is 10.5. The third kappa shape index (κ3) is 4.25. The molecule has 0 heterocycles. The number of para-hydroxylation sites is 1. The van der Waals surface area contributed by atoms with Crippen molar-refractivity contribution in [3.8, 4) is 5.75 Å². The highest BCUT2D eigenvalue weighted by atomic mass is 127. The summed E-state index contributed by atoms with van der Waals surface area (Å²) < 4.78 is 5.91. The minimum atomic E-state index is -0.505. The molecule has 118 valence electrons. The highest BCUT2D eigenvalue weighted by molar-refractivity contribution is 14.1. The van der Waals surface area contributed by atoms with Gasteiger partial charge >= 0.3 is 0 Å². The Morgan fingerprint density at radius 3 is 2.74 bits per heavy atom. The highest BCUT2D eigenvalue weighted by Crippen LogP contribution is 2.21. The van der Waals surface area contributed by atoms with Crippen LogP contribution >= 0.6 is 22.6 Å². The zero-order valence-electron chi connectivity index (χ0n) is 12.0. The molecule has 0 aliphatic carbocycles. The first-order valence-electron chi connectivity index (χ1n) is 6.43. The summed E-state index contributed by atoms with van der Waals surface area (Å²) in [6.07, 6.45) is 1.24. The molecule has 23 heavy (non-hydrogen) atoms. The van der Waals surface area contributed by atoms with Crippen molar-refractivity contribution in [2.24, 2.45) is 5.10 Å². The summed E-state index contributed by atoms with van der Waals surface area (Å²) in [6, 6.07) is 11.1. The molecule has 0 saturated heterocycles. The van der Waals surface area contributed by atoms with Crippen LogP contribution in [0.3, 0.4) is 0 Å². The second-order valence-corrected chi connectivity index (χ2v) is 5.53. The number of hydrogen-bond donors (Lipinski definition) is 1. The SMILES string of the molecule is COc1ccc(C(=O)N/N=C/c2ccccc2[N+](=O)[O-])cc1I. The molecule has 2 aromatic rings. The summed E-state index contributed by atoms with van der Waals surface area (Å²) in [5, 5.41) is 14.7. The Morgan fingerprint density at radius 2 is 2.09 bits per heavy atom. The lowest BCUT2D eigenvalue weighted by molar-refractivity contribution is -0.385. The molecule has 0 unspecified atom stereocenters. The van der Waals surface area contributed by atoms with E-state index in [1.165, 1.54) is 12.3 Å². The largest absolute Gasteiger partial charge is 0.496 e. The molecular formula is C15H12IN3O4. The molecule has 8 heteroatoms. The van der Waals surface area contributed by atoms with Gasteiger partial charge in [0.2, 0.25) is 0 Å². The number of benzene rings is 2. The number of hydrogen-bond acceptors (Lipinski definition) is 5. The molecule has 0 saturated carbocycles. The Hall–Kier alpha value is -2.49. The monoisotopic (exact) mass is 425 g/mol. The number of nitro benzene ring substituents is 1. The van der Waals surface area contributed by atoms with Gasteiger partial charge in [0.05, 0.1) is 27.4 Å². The van der Waals surface area contributed by atoms with Crippen LogP contribution in [-0.4, -0.2) is 24.2 Å². The van der Waals surface area contributed by atoms with E-state index in [1.807, 2.05) is 0 Å². The van der Waals surface area contributed by atoms with Gasteiger partial charge in [-0.3, -0.25) is 14.9 Å². The Labute approximate surface area is 145 Å². The van der Waals surface area contributed by atoms with Crippen LogP contribution in [0.25, 0.3) is 0 Å². The van der Waals surface area contributed by atoms with Crippen LogP contribution in [0.15, 0.2) is 47.6 Å². The predicted molar refractivity (Wildman–Crippen MR) is 93.9 cm³/mol. The van der Waals surface area contributed by atoms with Gasteiger partial charge in [-0.05, 0) is 46.9 Å². The van der Waals surface area contributed by atoms with Gasteiger partial charge in [0.15, 0.2) is 0 Å². The summed E-state index contributed by atoms with van der Waals surface area (Å²) >= 11 is 2.06. The first kappa shape index (κ1) is 16.9. The molecule has 2 aromatic carbocycles. The highest BCUT2D eigenvalue weighted by Gasteiger charge is 2.11. The van der Waals surface area contributed by atoms with Gasteiger partial charge < -0.3 is 4.74 Å². The van der Waals surface area contributed by atoms with Crippen molar-refractivity contribution in [2.75, 3.05) is 7.11 Å². The molecule has 1 N–H and O–H groups in total. The van der Waals surface area contributed by atoms with E-state index in [2.05, 4.69) is 33.1 Å². The Morgan fingerprint density at radius 1 is 1.35 bits per heavy atom. The molecule has 1 amide bonds. The van der Waals surface area contributed by atoms with Crippen LogP contribution < -0.4 is 10.2 Å². The third-order valence-corrected chi connectivity index (χ3v) is 3.76. The van der Waals surface area contributed by atoms with Crippen molar-refractivity contribution in [3.05, 3.63) is 67.3 Å². The summed E-state index contributed by atoms with van der Waals surface area (Å²) in [4.78, 5) is 22.4. The number of nitro groups is 1. The van der Waals surface area contributed by atoms with Gasteiger partial charge in [0.25, 0.3) is 11.6 Å². The smallest absolute Gasteiger partial charge is 0.278 e. The maximum absolute atomic E-state index is 12.0. The third-order valence-electron chi connectivity index (χ3n) is 2.92. The van der Waals surface area contributed by atoms with E-state index >= 15 is 0 Å². The van der Waals surface area contributed by atoms with Crippen LogP contribution in [0.2, 0.25) is 0 Å². The number of nitrogens with zero attached hydrogens (tertiary/aromatic N) is 2. The number of methoxy groups -OCH3 is 1. The topological polar surface area (TPSA) is 93.8 Å². The van der Waals surface area contributed by atoms with E-state index in [4.69, 9.17) is 4.74 Å². The average Bonchev–Trinajstić information content (AvgIpc) is 2.55. The zero-order chi connectivity index (χ0) is 16.8. The van der Waals surface area contributed by atoms with Crippen molar-refractivity contribution in [1.29, 1.82) is 0 Å². The molecule has 0 fully saturated rings. The lowest BCUT2D eigenvalue weighted by Gasteiger charge is -2.05. The van der Waals surface area contributed by atoms with Crippen molar-refractivity contribution >= 4 is 40.4 Å². The maximum Gasteiger partial charge on any atom is 0.278 e. The lowest BCUT2D eigenvalue weighted by Crippen LogP contribution is -2.17. The number of amides is 1. The van der Waals surface area contributed by atoms with Gasteiger partial charge in [0.1, 0.15) is 5.75 Å². The van der Waals surface area contributed by atoms with E-state index in [0.717, 1.165) is 3.57 Å². The van der Waals surface area contributed by atoms with Crippen LogP contribution in [0.1, 0.15) is 15.9 Å². The second-order valence-electron chi connectivity index (χ2n) is 4.36. The van der Waals surface area contributed by atoms with Gasteiger partial charge in [-0.2, -0.15) is 5.10 Å². The lowest BCUT2D eigenvalue weighted by atomic mass is 10.2. The van der Waals surface area contributed by atoms with Gasteiger partial charge in [-0.25, -0.2) is 5.43 Å². The first-order chi connectivity index (χ1) is 11.0. The summed E-state index contributed by atoms with van der Waals surface area (Å²) in [5.74, 6) is 0.256. The van der Waals surface area contributed by atoms with Crippen molar-refractivity contribution in [2.45, 2.75) is 0 Å². The summed E-state index contributed by atoms with van der Waals surface area (Å²) in [5.41, 5.74) is 2.98. The molecule has 0 aliphatic rings. The number of rotatable bonds is 5. The molecule has 0 aliphatic heterocycles. The molecule has 7 nitrogen and oxygen atoms in total. The minimum Gasteiger partial charge on any atom is -0.496 e. The number of hydrazone groups is 1. The van der Waals surface area contributed by atoms with E-state index < -0.39 is 10.8 Å². The van der Waals surface area contributed by atoms with Crippen LogP contribution in [0.4, 0.5) is 5.69 Å². The van der Waals surface area contributed by atoms with Crippen molar-refractivity contribution in [1.82, 2.24) is 5.43 Å². The van der Waals surface area contributed by atoms with Crippen molar-refractivity contribution < 1.29 is 14.5 Å². The summed E-state index contributed by atoms with van der Waals surface area (Å²) in [7, 11) is 1.55. The number of carbonyl (C=O) groups excluding carboxylic acids is 1. The molecule has 0 radical (unpaired) electrons. The molecular weight excluding hydrogens is 413 g/mol. The van der Waals surface area contributed by atoms with Crippen LogP contribution in [0.5, 0.6) is 5.75 Å². The number of halogens is 1. The molecule has 2 rings (SSSR count). The molecule has 0 bridgehead atoms. The first-order valence-corrected chi connectivity index (χ1v) is 7.51. The quantitative estimate of drug-likeness (QED) is 0.345. The van der Waals surface area contributed by atoms with E-state index in [0.29, 0.717) is 16.9 Å². The Kier molecular flexibility index (Phi) is 5.63. The molecule has 0 atom stereocenters. The number of nitrogens with one attached hydrogen (secondary N) is 1. The minimum absolute atomic E-state index is 0.0792. The summed E-state index contributed by atoms with van der Waals surface area (Å²) in [6.45, 7) is 0. The average molecular weight is 425 g/mol. The fraction of sp³-hybridized carbons (Fsp3) is 0.0667. The van der Waals surface area contributed by atoms with Crippen LogP contribution in [-0.2, 0) is 0 Å². The maximum atomic E-state index is 12.0. The Bertz CT molecular complexity index is 777. The van der Waals surface area contributed by atoms with Crippen molar-refractivity contribution in [3.63, 3.8) is 0 Å². The van der Waals surface area contributed by atoms with Gasteiger partial charge in [-0.15, -0.1) is 0 Å². The van der Waals surface area contributed by atoms with E-state index in [9.17, 15) is 14.9 Å². The zero-order valence-corrected chi connectivity index (χ0v) is 14.2. The number of carbonyl (C=O) groups is 1. The number of ether oxygens (including phenoxy) is 1. The fourth-order valence-electron chi connectivity index (χ4n) is 1.80. The fourth-order valence-corrected chi connectivity index (χ4v) is 2.53.